The number of fused-ring (bicyclic) bond motifs is 3. The van der Waals surface area contributed by atoms with Gasteiger partial charge in [-0.1, -0.05) is 21.1 Å². The highest BCUT2D eigenvalue weighted by Crippen LogP contribution is 2.43. The summed E-state index contributed by atoms with van der Waals surface area (Å²) in [6.07, 6.45) is 0.168. The van der Waals surface area contributed by atoms with Crippen LogP contribution in [0.2, 0.25) is 0 Å². The van der Waals surface area contributed by atoms with E-state index in [1.165, 1.54) is 22.1 Å². The van der Waals surface area contributed by atoms with Gasteiger partial charge in [0.25, 0.3) is 5.91 Å². The SMILES string of the molecule is COC(=O)c1nc(C(=O)OCCSI)ccc1-c1cc2c(cc1C(=O)Nc1ccc(CNC(=O)OC(C)(C)C)cc1)-c1sccc1CCO2. The number of nitrogens with zero attached hydrogens (tertiary/aromatic N) is 1. The van der Waals surface area contributed by atoms with Crippen molar-refractivity contribution in [3.8, 4) is 27.3 Å². The lowest BCUT2D eigenvalue weighted by atomic mass is 9.93. The molecule has 0 atom stereocenters. The minimum Gasteiger partial charge on any atom is -0.493 e. The number of hydrogen-bond donors (Lipinski definition) is 2. The summed E-state index contributed by atoms with van der Waals surface area (Å²) < 4.78 is 21.8. The van der Waals surface area contributed by atoms with Crippen LogP contribution in [0.25, 0.3) is 21.6 Å². The van der Waals surface area contributed by atoms with E-state index in [0.717, 1.165) is 21.6 Å². The summed E-state index contributed by atoms with van der Waals surface area (Å²) in [4.78, 5) is 57.3. The molecule has 2 N–H and O–H groups in total. The average molecular weight is 816 g/mol. The number of alkyl carbamates (subject to hydrolysis) is 1. The molecular weight excluding hydrogens is 781 g/mol. The number of esters is 2. The van der Waals surface area contributed by atoms with Crippen molar-refractivity contribution in [1.29, 1.82) is 0 Å². The molecule has 49 heavy (non-hydrogen) atoms. The van der Waals surface area contributed by atoms with Crippen LogP contribution in [0.15, 0.2) is 60.0 Å². The normalized spacial score (nSPS) is 12.0. The van der Waals surface area contributed by atoms with Gasteiger partial charge in [0.2, 0.25) is 0 Å². The molecule has 2 aromatic carbocycles. The summed E-state index contributed by atoms with van der Waals surface area (Å²) in [6.45, 7) is 6.22. The first-order valence-electron chi connectivity index (χ1n) is 15.2. The Balaban J connectivity index is 1.51. The second-order valence-corrected chi connectivity index (χ2v) is 15.2. The number of carbonyl (C=O) groups is 4. The van der Waals surface area contributed by atoms with Gasteiger partial charge in [-0.05, 0) is 101 Å². The molecule has 0 aliphatic carbocycles. The maximum atomic E-state index is 14.1. The fourth-order valence-electron chi connectivity index (χ4n) is 5.00. The van der Waals surface area contributed by atoms with Crippen molar-refractivity contribution in [1.82, 2.24) is 10.3 Å². The molecule has 0 bridgehead atoms. The molecule has 0 spiro atoms. The summed E-state index contributed by atoms with van der Waals surface area (Å²) >= 11 is 3.66. The zero-order chi connectivity index (χ0) is 35.1. The van der Waals surface area contributed by atoms with E-state index < -0.39 is 29.5 Å². The minimum absolute atomic E-state index is 0.0657. The molecule has 0 saturated carbocycles. The Morgan fingerprint density at radius 3 is 2.49 bits per heavy atom. The lowest BCUT2D eigenvalue weighted by Gasteiger charge is -2.19. The lowest BCUT2D eigenvalue weighted by Crippen LogP contribution is -2.32. The number of rotatable bonds is 10. The van der Waals surface area contributed by atoms with Crippen molar-refractivity contribution < 1.29 is 38.1 Å². The molecule has 256 valence electrons. The largest absolute Gasteiger partial charge is 0.493 e. The summed E-state index contributed by atoms with van der Waals surface area (Å²) in [6, 6.07) is 15.6. The number of halogens is 1. The number of carbonyl (C=O) groups excluding carboxylic acids is 4. The maximum absolute atomic E-state index is 14.1. The lowest BCUT2D eigenvalue weighted by molar-refractivity contribution is 0.0511. The minimum atomic E-state index is -0.786. The molecule has 0 unspecified atom stereocenters. The van der Waals surface area contributed by atoms with Gasteiger partial charge in [0, 0.05) is 51.5 Å². The number of thiophene rings is 1. The van der Waals surface area contributed by atoms with E-state index in [4.69, 9.17) is 18.9 Å². The zero-order valence-corrected chi connectivity index (χ0v) is 31.0. The highest BCUT2D eigenvalue weighted by atomic mass is 127. The molecule has 11 nitrogen and oxygen atoms in total. The molecule has 0 saturated heterocycles. The Hall–Kier alpha value is -4.15. The van der Waals surface area contributed by atoms with Gasteiger partial charge in [-0.3, -0.25) is 4.79 Å². The van der Waals surface area contributed by atoms with E-state index in [1.807, 2.05) is 11.4 Å². The number of ether oxygens (including phenoxy) is 4. The first-order chi connectivity index (χ1) is 23.5. The van der Waals surface area contributed by atoms with Crippen LogP contribution in [0.4, 0.5) is 10.5 Å². The van der Waals surface area contributed by atoms with Crippen LogP contribution in [0.3, 0.4) is 0 Å². The molecular formula is C35H34IN3O8S2. The van der Waals surface area contributed by atoms with Crippen LogP contribution in [-0.2, 0) is 27.2 Å². The van der Waals surface area contributed by atoms with Gasteiger partial charge in [0.15, 0.2) is 5.69 Å². The number of hydrogen-bond acceptors (Lipinski definition) is 11. The van der Waals surface area contributed by atoms with Gasteiger partial charge in [0.05, 0.1) is 13.7 Å². The van der Waals surface area contributed by atoms with Crippen LogP contribution in [0, 0.1) is 0 Å². The van der Waals surface area contributed by atoms with E-state index >= 15 is 0 Å². The van der Waals surface area contributed by atoms with Crippen molar-refractivity contribution in [3.63, 3.8) is 0 Å². The topological polar surface area (TPSA) is 142 Å². The van der Waals surface area contributed by atoms with Gasteiger partial charge in [-0.25, -0.2) is 19.4 Å². The van der Waals surface area contributed by atoms with Gasteiger partial charge in [-0.2, -0.15) is 0 Å². The molecule has 14 heteroatoms. The first kappa shape index (κ1) is 36.1. The fraction of sp³-hybridized carbons (Fsp3) is 0.286. The van der Waals surface area contributed by atoms with Crippen molar-refractivity contribution in [2.75, 3.05) is 31.4 Å². The number of pyridine rings is 1. The number of amides is 2. The standard InChI is InChI=1S/C35H34IN3O8S2/c1-35(2,3)47-34(43)37-19-20-5-7-22(8-6-20)38-31(40)25-17-26-28(45-13-11-21-12-15-48-30(21)26)18-24(25)23-9-10-27(32(41)46-14-16-49-36)39-29(23)33(42)44-4/h5-10,12,15,17-18H,11,13-14,16,19H2,1-4H3,(H,37,43)(H,38,40). The van der Waals surface area contributed by atoms with Gasteiger partial charge in [0.1, 0.15) is 23.7 Å². The predicted octanol–water partition coefficient (Wildman–Crippen LogP) is 7.72. The van der Waals surface area contributed by atoms with Gasteiger partial charge < -0.3 is 29.6 Å². The van der Waals surface area contributed by atoms with Gasteiger partial charge >= 0.3 is 18.0 Å². The Labute approximate surface area is 304 Å². The third-order valence-electron chi connectivity index (χ3n) is 7.20. The van der Waals surface area contributed by atoms with Gasteiger partial charge in [-0.15, -0.1) is 11.3 Å². The molecule has 4 aromatic rings. The number of benzene rings is 2. The molecule has 1 aliphatic heterocycles. The Kier molecular flexibility index (Phi) is 11.8. The van der Waals surface area contributed by atoms with E-state index in [1.54, 1.807) is 74.6 Å². The highest BCUT2D eigenvalue weighted by Gasteiger charge is 2.27. The predicted molar refractivity (Wildman–Crippen MR) is 198 cm³/mol. The third kappa shape index (κ3) is 9.10. The molecule has 3 heterocycles. The maximum Gasteiger partial charge on any atom is 0.407 e. The summed E-state index contributed by atoms with van der Waals surface area (Å²) in [7, 11) is 2.72. The fourth-order valence-corrected chi connectivity index (χ4v) is 6.66. The second kappa shape index (κ2) is 16.0. The van der Waals surface area contributed by atoms with Crippen LogP contribution >= 0.6 is 41.5 Å². The molecule has 0 radical (unpaired) electrons. The third-order valence-corrected chi connectivity index (χ3v) is 9.83. The Morgan fingerprint density at radius 1 is 1.00 bits per heavy atom. The van der Waals surface area contributed by atoms with Crippen molar-refractivity contribution in [2.45, 2.75) is 39.3 Å². The number of aromatic nitrogens is 1. The van der Waals surface area contributed by atoms with Crippen LogP contribution in [-0.4, -0.2) is 60.6 Å². The van der Waals surface area contributed by atoms with Crippen LogP contribution < -0.4 is 15.4 Å². The van der Waals surface area contributed by atoms with Crippen LogP contribution in [0.1, 0.15) is 63.2 Å². The highest BCUT2D eigenvalue weighted by molar-refractivity contribution is 14.2. The average Bonchev–Trinajstić information content (AvgIpc) is 3.47. The molecule has 2 amide bonds. The van der Waals surface area contributed by atoms with E-state index in [2.05, 4.69) is 36.8 Å². The summed E-state index contributed by atoms with van der Waals surface area (Å²) in [5.41, 5.74) is 3.24. The number of anilines is 1. The van der Waals surface area contributed by atoms with E-state index in [-0.39, 0.29) is 35.7 Å². The molecule has 5 rings (SSSR count). The summed E-state index contributed by atoms with van der Waals surface area (Å²) in [5, 5.41) is 7.67. The second-order valence-electron chi connectivity index (χ2n) is 11.8. The quantitative estimate of drug-likeness (QED) is 0.0708. The molecule has 2 aromatic heterocycles. The smallest absolute Gasteiger partial charge is 0.407 e. The number of methoxy groups -OCH3 is 1. The van der Waals surface area contributed by atoms with Crippen molar-refractivity contribution in [3.05, 3.63) is 88.1 Å². The summed E-state index contributed by atoms with van der Waals surface area (Å²) in [5.74, 6) is -0.772. The van der Waals surface area contributed by atoms with Crippen LogP contribution in [0.5, 0.6) is 5.75 Å². The van der Waals surface area contributed by atoms with Crippen molar-refractivity contribution in [2.24, 2.45) is 0 Å². The first-order valence-corrected chi connectivity index (χ1v) is 19.6. The van der Waals surface area contributed by atoms with E-state index in [0.29, 0.717) is 35.8 Å². The molecule has 1 aliphatic rings. The molecule has 0 fully saturated rings. The number of nitrogens with one attached hydrogen (secondary N) is 2. The monoisotopic (exact) mass is 815 g/mol. The Bertz CT molecular complexity index is 1870. The Morgan fingerprint density at radius 2 is 1.78 bits per heavy atom. The van der Waals surface area contributed by atoms with E-state index in [9.17, 15) is 19.2 Å². The van der Waals surface area contributed by atoms with Crippen molar-refractivity contribution >= 4 is 71.1 Å². The zero-order valence-electron chi connectivity index (χ0n) is 27.2.